The van der Waals surface area contributed by atoms with Gasteiger partial charge in [0.05, 0.1) is 25.3 Å². The van der Waals surface area contributed by atoms with Crippen molar-refractivity contribution in [2.75, 3.05) is 33.4 Å². The van der Waals surface area contributed by atoms with Crippen LogP contribution in [0.2, 0.25) is 5.02 Å². The maximum atomic E-state index is 13.3. The minimum atomic E-state index is -0.303. The Morgan fingerprint density at radius 1 is 1.19 bits per heavy atom. The van der Waals surface area contributed by atoms with Crippen LogP contribution in [0.25, 0.3) is 0 Å². The molecule has 0 aliphatic carbocycles. The van der Waals surface area contributed by atoms with Crippen LogP contribution in [0.15, 0.2) is 42.5 Å². The molecule has 0 saturated heterocycles. The van der Waals surface area contributed by atoms with Gasteiger partial charge in [0.1, 0.15) is 18.1 Å². The molecule has 0 aromatic heterocycles. The highest BCUT2D eigenvalue weighted by molar-refractivity contribution is 6.31. The molecule has 0 bridgehead atoms. The van der Waals surface area contributed by atoms with Gasteiger partial charge in [0.15, 0.2) is 0 Å². The van der Waals surface area contributed by atoms with Crippen LogP contribution >= 0.6 is 11.6 Å². The van der Waals surface area contributed by atoms with Crippen molar-refractivity contribution >= 4 is 29.3 Å². The third kappa shape index (κ3) is 7.88. The van der Waals surface area contributed by atoms with Crippen LogP contribution in [-0.2, 0) is 4.79 Å². The number of fused-ring (bicyclic) bond motifs is 1. The van der Waals surface area contributed by atoms with Crippen molar-refractivity contribution in [1.29, 1.82) is 0 Å². The van der Waals surface area contributed by atoms with Crippen LogP contribution in [0.1, 0.15) is 53.8 Å². The van der Waals surface area contributed by atoms with E-state index in [0.717, 1.165) is 0 Å². The monoisotopic (exact) mass is 515 g/mol. The fourth-order valence-corrected chi connectivity index (χ4v) is 4.27. The third-order valence-electron chi connectivity index (χ3n) is 5.83. The number of carbonyl (C=O) groups excluding carboxylic acids is 3. The molecule has 3 amide bonds. The average molecular weight is 516 g/mol. The molecule has 1 aliphatic rings. The molecule has 36 heavy (non-hydrogen) atoms. The van der Waals surface area contributed by atoms with Crippen LogP contribution < -0.4 is 20.1 Å². The van der Waals surface area contributed by atoms with Gasteiger partial charge in [-0.25, -0.2) is 0 Å². The summed E-state index contributed by atoms with van der Waals surface area (Å²) in [5.74, 6) is 0.474. The summed E-state index contributed by atoms with van der Waals surface area (Å²) in [5.41, 5.74) is 0.796. The van der Waals surface area contributed by atoms with Gasteiger partial charge in [-0.05, 0) is 61.6 Å². The maximum Gasteiger partial charge on any atom is 0.255 e. The van der Waals surface area contributed by atoms with Crippen LogP contribution in [0, 0.1) is 5.92 Å². The normalized spacial score (nSPS) is 17.7. The van der Waals surface area contributed by atoms with Crippen molar-refractivity contribution in [1.82, 2.24) is 15.5 Å². The predicted octanol–water partition coefficient (Wildman–Crippen LogP) is 3.92. The number of benzene rings is 2. The van der Waals surface area contributed by atoms with Crippen molar-refractivity contribution in [2.45, 2.75) is 39.2 Å². The maximum absolute atomic E-state index is 13.3. The molecule has 0 fully saturated rings. The van der Waals surface area contributed by atoms with Gasteiger partial charge < -0.3 is 25.0 Å². The number of carbonyl (C=O) groups is 3. The number of hydrogen-bond donors (Lipinski definition) is 2. The summed E-state index contributed by atoms with van der Waals surface area (Å²) in [6, 6.07) is 11.5. The minimum absolute atomic E-state index is 0.0802. The van der Waals surface area contributed by atoms with E-state index in [1.807, 2.05) is 0 Å². The molecule has 1 aliphatic heterocycles. The van der Waals surface area contributed by atoms with Gasteiger partial charge in [-0.1, -0.05) is 31.5 Å². The second-order valence-electron chi connectivity index (χ2n) is 9.27. The summed E-state index contributed by atoms with van der Waals surface area (Å²) >= 11 is 6.13. The third-order valence-corrected chi connectivity index (χ3v) is 6.06. The molecule has 0 unspecified atom stereocenters. The molecular formula is C27H34ClN3O5. The Balaban J connectivity index is 1.83. The molecule has 0 radical (unpaired) electrons. The molecule has 0 spiro atoms. The van der Waals surface area contributed by atoms with Crippen molar-refractivity contribution < 1.29 is 23.9 Å². The van der Waals surface area contributed by atoms with Gasteiger partial charge in [0.25, 0.3) is 11.8 Å². The van der Waals surface area contributed by atoms with Gasteiger partial charge in [-0.2, -0.15) is 0 Å². The van der Waals surface area contributed by atoms with Gasteiger partial charge in [0.2, 0.25) is 5.91 Å². The SMILES string of the molecule is COc1cccc(C(=O)N2CCCCNC(=O)c3cc(Cl)ccc3OC[C@H](CC(C)C)NC(=O)C2)c1. The number of ether oxygens (including phenoxy) is 2. The quantitative estimate of drug-likeness (QED) is 0.643. The lowest BCUT2D eigenvalue weighted by Gasteiger charge is -2.25. The smallest absolute Gasteiger partial charge is 0.255 e. The van der Waals surface area contributed by atoms with Crippen LogP contribution in [0.3, 0.4) is 0 Å². The average Bonchev–Trinajstić information content (AvgIpc) is 2.85. The lowest BCUT2D eigenvalue weighted by atomic mass is 10.0. The number of hydrogen-bond acceptors (Lipinski definition) is 5. The lowest BCUT2D eigenvalue weighted by Crippen LogP contribution is -2.46. The summed E-state index contributed by atoms with van der Waals surface area (Å²) in [4.78, 5) is 40.7. The van der Waals surface area contributed by atoms with Gasteiger partial charge in [-0.3, -0.25) is 14.4 Å². The second-order valence-corrected chi connectivity index (χ2v) is 9.70. The van der Waals surface area contributed by atoms with E-state index < -0.39 is 0 Å². The summed E-state index contributed by atoms with van der Waals surface area (Å²) in [6.07, 6.45) is 1.91. The molecule has 2 aromatic carbocycles. The lowest BCUT2D eigenvalue weighted by molar-refractivity contribution is -0.122. The number of nitrogens with zero attached hydrogens (tertiary/aromatic N) is 1. The Kier molecular flexibility index (Phi) is 9.99. The van der Waals surface area contributed by atoms with E-state index >= 15 is 0 Å². The highest BCUT2D eigenvalue weighted by Gasteiger charge is 2.23. The first kappa shape index (κ1) is 27.3. The topological polar surface area (TPSA) is 97.0 Å². The van der Waals surface area contributed by atoms with E-state index in [1.165, 1.54) is 4.90 Å². The van der Waals surface area contributed by atoms with E-state index in [1.54, 1.807) is 49.6 Å². The Morgan fingerprint density at radius 2 is 2.00 bits per heavy atom. The molecule has 194 valence electrons. The molecule has 9 heteroatoms. The fourth-order valence-electron chi connectivity index (χ4n) is 4.10. The molecule has 8 nitrogen and oxygen atoms in total. The molecule has 2 N–H and O–H groups in total. The highest BCUT2D eigenvalue weighted by Crippen LogP contribution is 2.24. The number of amides is 3. The van der Waals surface area contributed by atoms with Gasteiger partial charge >= 0.3 is 0 Å². The Hall–Kier alpha value is -3.26. The number of halogens is 1. The predicted molar refractivity (Wildman–Crippen MR) is 139 cm³/mol. The Labute approximate surface area is 217 Å². The van der Waals surface area contributed by atoms with Gasteiger partial charge in [0, 0.05) is 23.7 Å². The van der Waals surface area contributed by atoms with E-state index in [9.17, 15) is 14.4 Å². The number of methoxy groups -OCH3 is 1. The van der Waals surface area contributed by atoms with E-state index in [-0.39, 0.29) is 36.9 Å². The molecule has 1 atom stereocenters. The molecule has 3 rings (SSSR count). The summed E-state index contributed by atoms with van der Waals surface area (Å²) in [6.45, 7) is 4.99. The van der Waals surface area contributed by atoms with E-state index in [4.69, 9.17) is 21.1 Å². The van der Waals surface area contributed by atoms with E-state index in [2.05, 4.69) is 24.5 Å². The second kappa shape index (κ2) is 13.2. The first-order valence-corrected chi connectivity index (χ1v) is 12.6. The summed E-state index contributed by atoms with van der Waals surface area (Å²) in [7, 11) is 1.54. The van der Waals surface area contributed by atoms with E-state index in [0.29, 0.717) is 65.9 Å². The first-order chi connectivity index (χ1) is 17.3. The zero-order chi connectivity index (χ0) is 26.1. The van der Waals surface area contributed by atoms with Crippen molar-refractivity contribution in [2.24, 2.45) is 5.92 Å². The zero-order valence-electron chi connectivity index (χ0n) is 21.0. The van der Waals surface area contributed by atoms with Crippen LogP contribution in [0.4, 0.5) is 0 Å². The molecule has 1 heterocycles. The van der Waals surface area contributed by atoms with Crippen LogP contribution in [-0.4, -0.2) is 62.0 Å². The summed E-state index contributed by atoms with van der Waals surface area (Å²) < 4.78 is 11.2. The minimum Gasteiger partial charge on any atom is -0.497 e. The first-order valence-electron chi connectivity index (χ1n) is 12.2. The fraction of sp³-hybridized carbons (Fsp3) is 0.444. The Morgan fingerprint density at radius 3 is 2.75 bits per heavy atom. The number of rotatable bonds is 4. The van der Waals surface area contributed by atoms with Crippen molar-refractivity contribution in [3.63, 3.8) is 0 Å². The van der Waals surface area contributed by atoms with Crippen LogP contribution in [0.5, 0.6) is 11.5 Å². The molecule has 2 aromatic rings. The Bertz CT molecular complexity index is 1080. The molecular weight excluding hydrogens is 482 g/mol. The summed E-state index contributed by atoms with van der Waals surface area (Å²) in [5, 5.41) is 6.35. The van der Waals surface area contributed by atoms with Gasteiger partial charge in [-0.15, -0.1) is 0 Å². The van der Waals surface area contributed by atoms with Crippen molar-refractivity contribution in [3.8, 4) is 11.5 Å². The van der Waals surface area contributed by atoms with Crippen molar-refractivity contribution in [3.05, 3.63) is 58.6 Å². The zero-order valence-corrected chi connectivity index (χ0v) is 21.8. The largest absolute Gasteiger partial charge is 0.497 e. The number of nitrogens with one attached hydrogen (secondary N) is 2. The standard InChI is InChI=1S/C27H34ClN3O5/c1-18(2)13-21-17-36-24-10-9-20(28)15-23(24)26(33)29-11-4-5-12-31(16-25(32)30-21)27(34)19-7-6-8-22(14-19)35-3/h6-10,14-15,18,21H,4-5,11-13,16-17H2,1-3H3,(H,29,33)(H,30,32)/t21-/m0/s1. The molecule has 0 saturated carbocycles. The highest BCUT2D eigenvalue weighted by atomic mass is 35.5.